The number of aromatic amines is 1. The molecule has 0 spiro atoms. The molecule has 92 valence electrons. The second kappa shape index (κ2) is 4.18. The third-order valence-corrected chi connectivity index (χ3v) is 2.73. The number of ether oxygens (including phenoxy) is 2. The Kier molecular flexibility index (Phi) is 2.51. The Morgan fingerprint density at radius 2 is 2.22 bits per heavy atom. The van der Waals surface area contributed by atoms with Gasteiger partial charge in [0.25, 0.3) is 0 Å². The van der Waals surface area contributed by atoms with Crippen LogP contribution in [0.4, 0.5) is 0 Å². The molecule has 1 aromatic carbocycles. The van der Waals surface area contributed by atoms with Crippen molar-refractivity contribution in [1.29, 1.82) is 0 Å². The van der Waals surface area contributed by atoms with Crippen molar-refractivity contribution in [2.45, 2.75) is 13.3 Å². The van der Waals surface area contributed by atoms with Crippen LogP contribution in [0.2, 0.25) is 0 Å². The van der Waals surface area contributed by atoms with Crippen LogP contribution in [-0.2, 0) is 11.2 Å². The predicted octanol–water partition coefficient (Wildman–Crippen LogP) is 1.94. The zero-order valence-electron chi connectivity index (χ0n) is 9.90. The summed E-state index contributed by atoms with van der Waals surface area (Å²) in [6.07, 6.45) is 2.04. The molecule has 0 radical (unpaired) electrons. The maximum absolute atomic E-state index is 11.0. The highest BCUT2D eigenvalue weighted by Gasteiger charge is 2.14. The second-order valence-electron chi connectivity index (χ2n) is 4.19. The number of carbonyl (C=O) groups excluding carboxylic acids is 1. The quantitative estimate of drug-likeness (QED) is 0.896. The number of rotatable bonds is 3. The fourth-order valence-electron chi connectivity index (χ4n) is 1.90. The lowest BCUT2D eigenvalue weighted by atomic mass is 10.1. The summed E-state index contributed by atoms with van der Waals surface area (Å²) in [5.41, 5.74) is 1.83. The van der Waals surface area contributed by atoms with Crippen molar-refractivity contribution in [2.75, 3.05) is 6.79 Å². The monoisotopic (exact) mass is 244 g/mol. The average Bonchev–Trinajstić information content (AvgIpc) is 2.95. The van der Waals surface area contributed by atoms with E-state index in [9.17, 15) is 4.79 Å². The minimum Gasteiger partial charge on any atom is -0.454 e. The normalized spacial score (nSPS) is 12.7. The molecule has 5 nitrogen and oxygen atoms in total. The van der Waals surface area contributed by atoms with E-state index in [-0.39, 0.29) is 12.6 Å². The fourth-order valence-corrected chi connectivity index (χ4v) is 1.90. The molecule has 1 aromatic heterocycles. The number of ketones is 1. The van der Waals surface area contributed by atoms with Crippen LogP contribution in [0.5, 0.6) is 11.5 Å². The molecule has 0 saturated carbocycles. The highest BCUT2D eigenvalue weighted by molar-refractivity contribution is 5.77. The molecule has 1 aliphatic heterocycles. The molecular formula is C13H12N2O3. The molecule has 0 fully saturated rings. The van der Waals surface area contributed by atoms with Gasteiger partial charge in [-0.1, -0.05) is 0 Å². The summed E-state index contributed by atoms with van der Waals surface area (Å²) in [6, 6.07) is 5.69. The Morgan fingerprint density at radius 3 is 3.06 bits per heavy atom. The lowest BCUT2D eigenvalue weighted by molar-refractivity contribution is -0.116. The van der Waals surface area contributed by atoms with E-state index >= 15 is 0 Å². The van der Waals surface area contributed by atoms with Gasteiger partial charge in [0.1, 0.15) is 11.6 Å². The number of aromatic nitrogens is 2. The first kappa shape index (κ1) is 10.8. The minimum atomic E-state index is 0.0848. The van der Waals surface area contributed by atoms with Gasteiger partial charge in [-0.3, -0.25) is 4.79 Å². The van der Waals surface area contributed by atoms with E-state index in [4.69, 9.17) is 9.47 Å². The number of nitrogens with one attached hydrogen (secondary N) is 1. The number of nitrogens with zero attached hydrogens (tertiary/aromatic N) is 1. The number of imidazole rings is 1. The first-order chi connectivity index (χ1) is 8.72. The Balaban J connectivity index is 1.90. The molecule has 0 aliphatic carbocycles. The standard InChI is InChI=1S/C13H12N2O3/c1-8(16)4-13-14-6-10(15-13)9-2-3-11-12(5-9)18-7-17-11/h2-3,5-6H,4,7H2,1H3,(H,14,15). The molecule has 2 aromatic rings. The maximum Gasteiger partial charge on any atom is 0.231 e. The SMILES string of the molecule is CC(=O)Cc1ncc(-c2ccc3c(c2)OCO3)[nH]1. The Hall–Kier alpha value is -2.30. The molecule has 0 atom stereocenters. The third-order valence-electron chi connectivity index (χ3n) is 2.73. The van der Waals surface area contributed by atoms with Crippen LogP contribution in [0, 0.1) is 0 Å². The first-order valence-corrected chi connectivity index (χ1v) is 5.66. The largest absolute Gasteiger partial charge is 0.454 e. The van der Waals surface area contributed by atoms with Crippen LogP contribution in [0.15, 0.2) is 24.4 Å². The van der Waals surface area contributed by atoms with Crippen molar-refractivity contribution < 1.29 is 14.3 Å². The van der Waals surface area contributed by atoms with Crippen LogP contribution in [0.1, 0.15) is 12.7 Å². The number of benzene rings is 1. The van der Waals surface area contributed by atoms with Gasteiger partial charge in [0.05, 0.1) is 18.3 Å². The summed E-state index contributed by atoms with van der Waals surface area (Å²) in [5, 5.41) is 0. The molecule has 1 N–H and O–H groups in total. The van der Waals surface area contributed by atoms with Crippen molar-refractivity contribution in [3.63, 3.8) is 0 Å². The molecule has 0 amide bonds. The van der Waals surface area contributed by atoms with Crippen molar-refractivity contribution in [3.8, 4) is 22.8 Å². The topological polar surface area (TPSA) is 64.2 Å². The summed E-state index contributed by atoms with van der Waals surface area (Å²) >= 11 is 0. The van der Waals surface area contributed by atoms with Crippen LogP contribution in [-0.4, -0.2) is 22.5 Å². The number of carbonyl (C=O) groups is 1. The van der Waals surface area contributed by atoms with Crippen molar-refractivity contribution >= 4 is 5.78 Å². The van der Waals surface area contributed by atoms with Gasteiger partial charge < -0.3 is 14.5 Å². The second-order valence-corrected chi connectivity index (χ2v) is 4.19. The van der Waals surface area contributed by atoms with Crippen LogP contribution >= 0.6 is 0 Å². The Bertz CT molecular complexity index is 604. The molecule has 0 unspecified atom stereocenters. The molecule has 1 aliphatic rings. The van der Waals surface area contributed by atoms with Crippen LogP contribution < -0.4 is 9.47 Å². The van der Waals surface area contributed by atoms with Crippen molar-refractivity contribution in [2.24, 2.45) is 0 Å². The smallest absolute Gasteiger partial charge is 0.231 e. The van der Waals surface area contributed by atoms with Crippen LogP contribution in [0.3, 0.4) is 0 Å². The maximum atomic E-state index is 11.0. The van der Waals surface area contributed by atoms with Gasteiger partial charge >= 0.3 is 0 Å². The lowest BCUT2D eigenvalue weighted by Gasteiger charge is -2.00. The minimum absolute atomic E-state index is 0.0848. The molecule has 0 saturated heterocycles. The summed E-state index contributed by atoms with van der Waals surface area (Å²) < 4.78 is 10.6. The Labute approximate surface area is 104 Å². The van der Waals surface area contributed by atoms with E-state index in [1.54, 1.807) is 13.1 Å². The molecule has 18 heavy (non-hydrogen) atoms. The van der Waals surface area contributed by atoms with E-state index in [2.05, 4.69) is 9.97 Å². The summed E-state index contributed by atoms with van der Waals surface area (Å²) in [5.74, 6) is 2.24. The molecular weight excluding hydrogens is 232 g/mol. The number of Topliss-reactive ketones (excluding diaryl/α,β-unsaturated/α-hetero) is 1. The fraction of sp³-hybridized carbons (Fsp3) is 0.231. The highest BCUT2D eigenvalue weighted by atomic mass is 16.7. The lowest BCUT2D eigenvalue weighted by Crippen LogP contribution is -1.97. The molecule has 0 bridgehead atoms. The van der Waals surface area contributed by atoms with Gasteiger partial charge in [0.2, 0.25) is 6.79 Å². The summed E-state index contributed by atoms with van der Waals surface area (Å²) in [6.45, 7) is 1.81. The number of hydrogen-bond acceptors (Lipinski definition) is 4. The van der Waals surface area contributed by atoms with E-state index in [0.29, 0.717) is 12.2 Å². The molecule has 2 heterocycles. The van der Waals surface area contributed by atoms with Gasteiger partial charge in [0.15, 0.2) is 11.5 Å². The van der Waals surface area contributed by atoms with E-state index in [0.717, 1.165) is 22.8 Å². The number of hydrogen-bond donors (Lipinski definition) is 1. The van der Waals surface area contributed by atoms with Crippen molar-refractivity contribution in [3.05, 3.63) is 30.2 Å². The third kappa shape index (κ3) is 1.95. The highest BCUT2D eigenvalue weighted by Crippen LogP contribution is 2.35. The zero-order chi connectivity index (χ0) is 12.5. The van der Waals surface area contributed by atoms with E-state index in [1.165, 1.54) is 0 Å². The van der Waals surface area contributed by atoms with Gasteiger partial charge in [-0.15, -0.1) is 0 Å². The van der Waals surface area contributed by atoms with Crippen LogP contribution in [0.25, 0.3) is 11.3 Å². The Morgan fingerprint density at radius 1 is 1.39 bits per heavy atom. The van der Waals surface area contributed by atoms with Gasteiger partial charge in [0, 0.05) is 5.56 Å². The predicted molar refractivity (Wildman–Crippen MR) is 64.5 cm³/mol. The van der Waals surface area contributed by atoms with E-state index in [1.807, 2.05) is 18.2 Å². The van der Waals surface area contributed by atoms with E-state index < -0.39 is 0 Å². The number of fused-ring (bicyclic) bond motifs is 1. The average molecular weight is 244 g/mol. The first-order valence-electron chi connectivity index (χ1n) is 5.66. The van der Waals surface area contributed by atoms with Gasteiger partial charge in [-0.2, -0.15) is 0 Å². The summed E-state index contributed by atoms with van der Waals surface area (Å²) in [4.78, 5) is 18.3. The molecule has 5 heteroatoms. The van der Waals surface area contributed by atoms with Crippen molar-refractivity contribution in [1.82, 2.24) is 9.97 Å². The number of H-pyrrole nitrogens is 1. The summed E-state index contributed by atoms with van der Waals surface area (Å²) in [7, 11) is 0. The zero-order valence-corrected chi connectivity index (χ0v) is 9.90. The van der Waals surface area contributed by atoms with Gasteiger partial charge in [-0.25, -0.2) is 4.98 Å². The van der Waals surface area contributed by atoms with Gasteiger partial charge in [-0.05, 0) is 25.1 Å². The molecule has 3 rings (SSSR count).